The summed E-state index contributed by atoms with van der Waals surface area (Å²) in [5, 5.41) is 11.9. The summed E-state index contributed by atoms with van der Waals surface area (Å²) in [4.78, 5) is 12.0. The number of amides is 1. The zero-order valence-corrected chi connectivity index (χ0v) is 15.3. The maximum absolute atomic E-state index is 12.0. The van der Waals surface area contributed by atoms with Gasteiger partial charge in [-0.05, 0) is 51.7 Å². The molecule has 0 aliphatic heterocycles. The largest absolute Gasteiger partial charge is 0.491 e. The lowest BCUT2D eigenvalue weighted by molar-refractivity contribution is 0.0499. The highest BCUT2D eigenvalue weighted by molar-refractivity contribution is 5.68. The molecular formula is C19H31NO4. The Morgan fingerprint density at radius 1 is 1.25 bits per heavy atom. The molecule has 1 rings (SSSR count). The van der Waals surface area contributed by atoms with Gasteiger partial charge in [0.25, 0.3) is 0 Å². The van der Waals surface area contributed by atoms with Crippen LogP contribution in [0, 0.1) is 0 Å². The van der Waals surface area contributed by atoms with Gasteiger partial charge < -0.3 is 19.9 Å². The molecule has 0 heterocycles. The Kier molecular flexibility index (Phi) is 8.61. The van der Waals surface area contributed by atoms with Crippen LogP contribution in [0.1, 0.15) is 52.5 Å². The molecule has 0 saturated carbocycles. The van der Waals surface area contributed by atoms with E-state index >= 15 is 0 Å². The molecule has 1 amide bonds. The predicted molar refractivity (Wildman–Crippen MR) is 95.4 cm³/mol. The monoisotopic (exact) mass is 337 g/mol. The van der Waals surface area contributed by atoms with Crippen LogP contribution in [0.4, 0.5) is 4.79 Å². The zero-order valence-electron chi connectivity index (χ0n) is 15.3. The molecular weight excluding hydrogens is 306 g/mol. The van der Waals surface area contributed by atoms with Gasteiger partial charge in [-0.25, -0.2) is 4.79 Å². The van der Waals surface area contributed by atoms with Gasteiger partial charge in [-0.3, -0.25) is 0 Å². The summed E-state index contributed by atoms with van der Waals surface area (Å²) >= 11 is 0. The molecule has 0 spiro atoms. The summed E-state index contributed by atoms with van der Waals surface area (Å²) in [6, 6.07) is 7.87. The molecule has 1 aromatic carbocycles. The van der Waals surface area contributed by atoms with E-state index in [9.17, 15) is 4.79 Å². The number of carbonyl (C=O) groups is 1. The molecule has 0 aliphatic carbocycles. The van der Waals surface area contributed by atoms with Crippen LogP contribution in [0.25, 0.3) is 0 Å². The molecule has 136 valence electrons. The number of hydrogen-bond donors (Lipinski definition) is 2. The van der Waals surface area contributed by atoms with Crippen molar-refractivity contribution in [3.05, 3.63) is 29.8 Å². The van der Waals surface area contributed by atoms with Crippen LogP contribution in [-0.4, -0.2) is 36.1 Å². The van der Waals surface area contributed by atoms with Gasteiger partial charge in [-0.15, -0.1) is 0 Å². The van der Waals surface area contributed by atoms with Crippen LogP contribution >= 0.6 is 0 Å². The summed E-state index contributed by atoms with van der Waals surface area (Å²) < 4.78 is 10.9. The van der Waals surface area contributed by atoms with Gasteiger partial charge in [0, 0.05) is 6.04 Å². The number of nitrogens with one attached hydrogen (secondary N) is 1. The second-order valence-corrected chi connectivity index (χ2v) is 6.85. The summed E-state index contributed by atoms with van der Waals surface area (Å²) in [6.07, 6.45) is 3.13. The lowest BCUT2D eigenvalue weighted by Crippen LogP contribution is -2.39. The summed E-state index contributed by atoms with van der Waals surface area (Å²) in [6.45, 7) is 7.95. The van der Waals surface area contributed by atoms with Gasteiger partial charge in [0.2, 0.25) is 0 Å². The fourth-order valence-electron chi connectivity index (χ4n) is 2.45. The number of alkyl carbamates (subject to hydrolysis) is 1. The van der Waals surface area contributed by atoms with Crippen molar-refractivity contribution in [1.82, 2.24) is 5.32 Å². The molecule has 5 heteroatoms. The van der Waals surface area contributed by atoms with Crippen molar-refractivity contribution in [1.29, 1.82) is 0 Å². The number of carbonyl (C=O) groups excluding carboxylic acids is 1. The van der Waals surface area contributed by atoms with Crippen LogP contribution in [0.3, 0.4) is 0 Å². The first-order valence-electron chi connectivity index (χ1n) is 8.66. The summed E-state index contributed by atoms with van der Waals surface area (Å²) in [5.74, 6) is 0.791. The highest BCUT2D eigenvalue weighted by Gasteiger charge is 2.19. The SMILES string of the molecule is CCC[C@H](CCc1ccccc1OCCO)NC(=O)OC(C)(C)C. The van der Waals surface area contributed by atoms with Crippen LogP contribution in [-0.2, 0) is 11.2 Å². The van der Waals surface area contributed by atoms with Gasteiger partial charge in [-0.1, -0.05) is 31.5 Å². The molecule has 0 bridgehead atoms. The number of aryl methyl sites for hydroxylation is 1. The normalized spacial score (nSPS) is 12.5. The van der Waals surface area contributed by atoms with Gasteiger partial charge in [-0.2, -0.15) is 0 Å². The van der Waals surface area contributed by atoms with E-state index in [2.05, 4.69) is 12.2 Å². The standard InChI is InChI=1S/C19H31NO4/c1-5-8-16(20-18(22)24-19(2,3)4)12-11-15-9-6-7-10-17(15)23-14-13-21/h6-7,9-10,16,21H,5,8,11-14H2,1-4H3,(H,20,22)/t16-/m1/s1. The van der Waals surface area contributed by atoms with Crippen molar-refractivity contribution in [2.75, 3.05) is 13.2 Å². The Labute approximate surface area is 145 Å². The van der Waals surface area contributed by atoms with Crippen molar-refractivity contribution in [3.8, 4) is 5.75 Å². The molecule has 0 radical (unpaired) electrons. The molecule has 0 aliphatic rings. The minimum absolute atomic E-state index is 0.00695. The smallest absolute Gasteiger partial charge is 0.407 e. The fraction of sp³-hybridized carbons (Fsp3) is 0.632. The van der Waals surface area contributed by atoms with E-state index in [-0.39, 0.29) is 25.3 Å². The summed E-state index contributed by atoms with van der Waals surface area (Å²) in [5.41, 5.74) is 0.587. The van der Waals surface area contributed by atoms with E-state index in [1.165, 1.54) is 0 Å². The summed E-state index contributed by atoms with van der Waals surface area (Å²) in [7, 11) is 0. The maximum atomic E-state index is 12.0. The molecule has 24 heavy (non-hydrogen) atoms. The molecule has 0 saturated heterocycles. The van der Waals surface area contributed by atoms with Gasteiger partial charge in [0.15, 0.2) is 0 Å². The van der Waals surface area contributed by atoms with Gasteiger partial charge in [0.05, 0.1) is 6.61 Å². The van der Waals surface area contributed by atoms with E-state index in [1.807, 2.05) is 45.0 Å². The minimum atomic E-state index is -0.494. The molecule has 0 fully saturated rings. The molecule has 0 aromatic heterocycles. The number of hydrogen-bond acceptors (Lipinski definition) is 4. The Bertz CT molecular complexity index is 496. The fourth-order valence-corrected chi connectivity index (χ4v) is 2.45. The number of para-hydroxylation sites is 1. The first-order valence-corrected chi connectivity index (χ1v) is 8.66. The molecule has 2 N–H and O–H groups in total. The van der Waals surface area contributed by atoms with Crippen molar-refractivity contribution < 1.29 is 19.4 Å². The highest BCUT2D eigenvalue weighted by Crippen LogP contribution is 2.21. The molecule has 1 aromatic rings. The number of ether oxygens (including phenoxy) is 2. The Morgan fingerprint density at radius 3 is 2.58 bits per heavy atom. The first kappa shape index (κ1) is 20.3. The highest BCUT2D eigenvalue weighted by atomic mass is 16.6. The number of benzene rings is 1. The van der Waals surface area contributed by atoms with Crippen molar-refractivity contribution in [3.63, 3.8) is 0 Å². The molecule has 1 atom stereocenters. The van der Waals surface area contributed by atoms with Crippen molar-refractivity contribution >= 4 is 6.09 Å². The van der Waals surface area contributed by atoms with Crippen molar-refractivity contribution in [2.24, 2.45) is 0 Å². The quantitative estimate of drug-likeness (QED) is 0.721. The Hall–Kier alpha value is -1.75. The van der Waals surface area contributed by atoms with Crippen LogP contribution in [0.5, 0.6) is 5.75 Å². The van der Waals surface area contributed by atoms with E-state index in [0.717, 1.165) is 37.0 Å². The third-order valence-corrected chi connectivity index (χ3v) is 3.44. The van der Waals surface area contributed by atoms with E-state index in [4.69, 9.17) is 14.6 Å². The number of aliphatic hydroxyl groups excluding tert-OH is 1. The lowest BCUT2D eigenvalue weighted by atomic mass is 10.0. The van der Waals surface area contributed by atoms with Gasteiger partial charge in [0.1, 0.15) is 18.0 Å². The number of aliphatic hydroxyl groups is 1. The van der Waals surface area contributed by atoms with E-state index in [0.29, 0.717) is 0 Å². The molecule has 5 nitrogen and oxygen atoms in total. The zero-order chi connectivity index (χ0) is 18.0. The van der Waals surface area contributed by atoms with Crippen LogP contribution in [0.2, 0.25) is 0 Å². The molecule has 0 unspecified atom stereocenters. The Balaban J connectivity index is 2.61. The Morgan fingerprint density at radius 2 is 1.96 bits per heavy atom. The lowest BCUT2D eigenvalue weighted by Gasteiger charge is -2.23. The average Bonchev–Trinajstić information content (AvgIpc) is 2.49. The van der Waals surface area contributed by atoms with Gasteiger partial charge >= 0.3 is 6.09 Å². The second-order valence-electron chi connectivity index (χ2n) is 6.85. The topological polar surface area (TPSA) is 67.8 Å². The van der Waals surface area contributed by atoms with E-state index in [1.54, 1.807) is 0 Å². The van der Waals surface area contributed by atoms with Crippen LogP contribution in [0.15, 0.2) is 24.3 Å². The number of rotatable bonds is 9. The maximum Gasteiger partial charge on any atom is 0.407 e. The third-order valence-electron chi connectivity index (χ3n) is 3.44. The first-order chi connectivity index (χ1) is 11.4. The average molecular weight is 337 g/mol. The van der Waals surface area contributed by atoms with Crippen LogP contribution < -0.4 is 10.1 Å². The third kappa shape index (κ3) is 8.20. The predicted octanol–water partition coefficient (Wildman–Crippen LogP) is 3.68. The second kappa shape index (κ2) is 10.2. The van der Waals surface area contributed by atoms with E-state index < -0.39 is 5.60 Å². The minimum Gasteiger partial charge on any atom is -0.491 e. The van der Waals surface area contributed by atoms with Crippen molar-refractivity contribution in [2.45, 2.75) is 65.0 Å².